The van der Waals surface area contributed by atoms with Crippen LogP contribution < -0.4 is 5.32 Å². The molecule has 1 aromatic carbocycles. The number of ether oxygens (including phenoxy) is 1. The number of morpholine rings is 1. The van der Waals surface area contributed by atoms with E-state index in [4.69, 9.17) is 4.74 Å². The van der Waals surface area contributed by atoms with Crippen LogP contribution in [0.1, 0.15) is 5.56 Å². The lowest BCUT2D eigenvalue weighted by Gasteiger charge is -2.37. The minimum absolute atomic E-state index is 0.0452. The fourth-order valence-electron chi connectivity index (χ4n) is 1.84. The van der Waals surface area contributed by atoms with Gasteiger partial charge in [0.2, 0.25) is 0 Å². The van der Waals surface area contributed by atoms with Gasteiger partial charge in [-0.2, -0.15) is 0 Å². The second kappa shape index (κ2) is 4.18. The minimum Gasteiger partial charge on any atom is -0.508 e. The Hall–Kier alpha value is -1.10. The minimum atomic E-state index is -0.572. The lowest BCUT2D eigenvalue weighted by Crippen LogP contribution is -2.54. The summed E-state index contributed by atoms with van der Waals surface area (Å²) in [6.07, 6.45) is 0. The third-order valence-electron chi connectivity index (χ3n) is 2.73. The summed E-state index contributed by atoms with van der Waals surface area (Å²) in [5.41, 5.74) is 0.279. The van der Waals surface area contributed by atoms with Gasteiger partial charge in [-0.25, -0.2) is 0 Å². The largest absolute Gasteiger partial charge is 0.508 e. The number of nitrogens with one attached hydrogen (secondary N) is 1. The van der Waals surface area contributed by atoms with Crippen molar-refractivity contribution in [3.8, 4) is 5.75 Å². The average Bonchev–Trinajstić information content (AvgIpc) is 2.30. The van der Waals surface area contributed by atoms with Crippen LogP contribution in [0.4, 0.5) is 0 Å². The first-order valence-corrected chi connectivity index (χ1v) is 5.00. The van der Waals surface area contributed by atoms with Crippen molar-refractivity contribution in [1.29, 1.82) is 0 Å². The van der Waals surface area contributed by atoms with E-state index in [-0.39, 0.29) is 12.4 Å². The van der Waals surface area contributed by atoms with Gasteiger partial charge < -0.3 is 20.3 Å². The van der Waals surface area contributed by atoms with Gasteiger partial charge in [-0.1, -0.05) is 12.1 Å². The van der Waals surface area contributed by atoms with Crippen LogP contribution in [0.5, 0.6) is 5.75 Å². The van der Waals surface area contributed by atoms with E-state index in [0.29, 0.717) is 19.8 Å². The zero-order chi connectivity index (χ0) is 10.7. The fraction of sp³-hybridized carbons (Fsp3) is 0.455. The molecule has 0 bridgehead atoms. The first-order chi connectivity index (χ1) is 7.27. The molecule has 2 rings (SSSR count). The highest BCUT2D eigenvalue weighted by atomic mass is 16.5. The molecule has 0 saturated carbocycles. The molecule has 0 spiro atoms. The molecule has 15 heavy (non-hydrogen) atoms. The monoisotopic (exact) mass is 209 g/mol. The molecule has 3 N–H and O–H groups in total. The molecule has 1 aliphatic heterocycles. The number of benzene rings is 1. The highest BCUT2D eigenvalue weighted by Crippen LogP contribution is 2.25. The van der Waals surface area contributed by atoms with Crippen molar-refractivity contribution in [3.63, 3.8) is 0 Å². The molecule has 0 amide bonds. The lowest BCUT2D eigenvalue weighted by molar-refractivity contribution is -0.00339. The Morgan fingerprint density at radius 2 is 2.33 bits per heavy atom. The predicted molar refractivity (Wildman–Crippen MR) is 55.7 cm³/mol. The molecule has 82 valence electrons. The molecule has 0 aromatic heterocycles. The van der Waals surface area contributed by atoms with E-state index in [9.17, 15) is 10.2 Å². The maximum atomic E-state index is 9.46. The number of rotatable bonds is 2. The van der Waals surface area contributed by atoms with E-state index in [1.807, 2.05) is 6.07 Å². The molecule has 0 radical (unpaired) electrons. The van der Waals surface area contributed by atoms with Gasteiger partial charge in [0.25, 0.3) is 0 Å². The molecule has 4 heteroatoms. The number of aliphatic hydroxyl groups excluding tert-OH is 1. The summed E-state index contributed by atoms with van der Waals surface area (Å²) in [4.78, 5) is 0. The number of phenolic OH excluding ortho intramolecular Hbond substituents is 1. The lowest BCUT2D eigenvalue weighted by atomic mass is 9.90. The summed E-state index contributed by atoms with van der Waals surface area (Å²) in [5.74, 6) is 0.202. The molecular formula is C11H15NO3. The van der Waals surface area contributed by atoms with Crippen molar-refractivity contribution >= 4 is 0 Å². The number of aliphatic hydroxyl groups is 1. The first-order valence-electron chi connectivity index (χ1n) is 5.00. The van der Waals surface area contributed by atoms with Crippen molar-refractivity contribution in [2.45, 2.75) is 5.54 Å². The van der Waals surface area contributed by atoms with Gasteiger partial charge >= 0.3 is 0 Å². The topological polar surface area (TPSA) is 61.7 Å². The van der Waals surface area contributed by atoms with Crippen LogP contribution in [0.2, 0.25) is 0 Å². The van der Waals surface area contributed by atoms with Gasteiger partial charge in [0, 0.05) is 6.54 Å². The van der Waals surface area contributed by atoms with Crippen molar-refractivity contribution in [2.75, 3.05) is 26.4 Å². The molecule has 4 nitrogen and oxygen atoms in total. The summed E-state index contributed by atoms with van der Waals surface area (Å²) in [7, 11) is 0. The second-order valence-corrected chi connectivity index (χ2v) is 3.77. The Kier molecular flexibility index (Phi) is 2.90. The fourth-order valence-corrected chi connectivity index (χ4v) is 1.84. The van der Waals surface area contributed by atoms with E-state index in [1.54, 1.807) is 18.2 Å². The zero-order valence-electron chi connectivity index (χ0n) is 8.44. The van der Waals surface area contributed by atoms with Crippen LogP contribution in [0.25, 0.3) is 0 Å². The molecule has 1 heterocycles. The van der Waals surface area contributed by atoms with Crippen LogP contribution >= 0.6 is 0 Å². The summed E-state index contributed by atoms with van der Waals surface area (Å²) in [6.45, 7) is 1.74. The van der Waals surface area contributed by atoms with Gasteiger partial charge in [0.05, 0.1) is 25.4 Å². The number of phenols is 1. The van der Waals surface area contributed by atoms with E-state index >= 15 is 0 Å². The summed E-state index contributed by atoms with van der Waals surface area (Å²) < 4.78 is 5.37. The van der Waals surface area contributed by atoms with Crippen molar-refractivity contribution in [1.82, 2.24) is 5.32 Å². The van der Waals surface area contributed by atoms with Gasteiger partial charge in [-0.15, -0.1) is 0 Å². The third-order valence-corrected chi connectivity index (χ3v) is 2.73. The second-order valence-electron chi connectivity index (χ2n) is 3.77. The molecule has 1 aromatic rings. The normalized spacial score (nSPS) is 26.5. The summed E-state index contributed by atoms with van der Waals surface area (Å²) >= 11 is 0. The van der Waals surface area contributed by atoms with Crippen LogP contribution in [0.3, 0.4) is 0 Å². The third kappa shape index (κ3) is 1.97. The zero-order valence-corrected chi connectivity index (χ0v) is 8.44. The Morgan fingerprint density at radius 1 is 1.47 bits per heavy atom. The Bertz CT molecular complexity index is 334. The van der Waals surface area contributed by atoms with Gasteiger partial charge in [0.15, 0.2) is 0 Å². The highest BCUT2D eigenvalue weighted by Gasteiger charge is 2.33. The van der Waals surface area contributed by atoms with E-state index in [1.165, 1.54) is 0 Å². The van der Waals surface area contributed by atoms with Crippen LogP contribution in [0.15, 0.2) is 24.3 Å². The van der Waals surface area contributed by atoms with Crippen molar-refractivity contribution in [2.24, 2.45) is 0 Å². The van der Waals surface area contributed by atoms with Crippen molar-refractivity contribution in [3.05, 3.63) is 29.8 Å². The molecule has 1 aliphatic rings. The average molecular weight is 209 g/mol. The standard InChI is InChI=1S/C11H15NO3/c13-7-11(8-15-5-4-12-11)9-2-1-3-10(14)6-9/h1-3,6,12-14H,4-5,7-8H2. The van der Waals surface area contributed by atoms with Crippen LogP contribution in [0, 0.1) is 0 Å². The maximum absolute atomic E-state index is 9.46. The quantitative estimate of drug-likeness (QED) is 0.651. The van der Waals surface area contributed by atoms with E-state index in [2.05, 4.69) is 5.32 Å². The SMILES string of the molecule is OCC1(c2cccc(O)c2)COCCN1. The Labute approximate surface area is 88.5 Å². The summed E-state index contributed by atoms with van der Waals surface area (Å²) in [6, 6.07) is 6.89. The molecule has 1 atom stereocenters. The van der Waals surface area contributed by atoms with Gasteiger partial charge in [0.1, 0.15) is 5.75 Å². The van der Waals surface area contributed by atoms with Gasteiger partial charge in [-0.05, 0) is 17.7 Å². The summed E-state index contributed by atoms with van der Waals surface area (Å²) in [5, 5.41) is 22.1. The van der Waals surface area contributed by atoms with E-state index in [0.717, 1.165) is 5.56 Å². The van der Waals surface area contributed by atoms with E-state index < -0.39 is 5.54 Å². The number of aromatic hydroxyl groups is 1. The molecular weight excluding hydrogens is 194 g/mol. The first kappa shape index (κ1) is 10.4. The molecule has 1 unspecified atom stereocenters. The molecule has 0 aliphatic carbocycles. The predicted octanol–water partition coefficient (Wildman–Crippen LogP) is 0.200. The Morgan fingerprint density at radius 3 is 2.93 bits per heavy atom. The van der Waals surface area contributed by atoms with Crippen LogP contribution in [-0.2, 0) is 10.3 Å². The Balaban J connectivity index is 2.32. The molecule has 1 fully saturated rings. The van der Waals surface area contributed by atoms with Crippen molar-refractivity contribution < 1.29 is 14.9 Å². The van der Waals surface area contributed by atoms with Crippen LogP contribution in [-0.4, -0.2) is 36.6 Å². The maximum Gasteiger partial charge on any atom is 0.115 e. The number of hydrogen-bond acceptors (Lipinski definition) is 4. The number of hydrogen-bond donors (Lipinski definition) is 3. The highest BCUT2D eigenvalue weighted by molar-refractivity contribution is 5.33. The smallest absolute Gasteiger partial charge is 0.115 e. The van der Waals surface area contributed by atoms with Gasteiger partial charge in [-0.3, -0.25) is 0 Å². The molecule has 1 saturated heterocycles.